The number of aliphatic imine (C=N–C) groups is 1. The number of hydrogen-bond acceptors (Lipinski definition) is 9. The van der Waals surface area contributed by atoms with Gasteiger partial charge in [-0.3, -0.25) is 4.99 Å². The molecular weight excluding hydrogens is 634 g/mol. The molecule has 3 N–H and O–H groups in total. The van der Waals surface area contributed by atoms with Crippen molar-refractivity contribution in [1.82, 2.24) is 0 Å². The van der Waals surface area contributed by atoms with Crippen LogP contribution in [0, 0.1) is 23.2 Å². The van der Waals surface area contributed by atoms with Gasteiger partial charge in [0.15, 0.2) is 11.6 Å². The normalized spacial score (nSPS) is 47.0. The highest BCUT2D eigenvalue weighted by Crippen LogP contribution is 2.55. The van der Waals surface area contributed by atoms with Crippen molar-refractivity contribution in [3.8, 4) is 0 Å². The van der Waals surface area contributed by atoms with Gasteiger partial charge in [0, 0.05) is 54.8 Å². The Morgan fingerprint density at radius 1 is 0.880 bits per heavy atom. The van der Waals surface area contributed by atoms with Crippen molar-refractivity contribution in [1.29, 1.82) is 0 Å². The summed E-state index contributed by atoms with van der Waals surface area (Å²) in [6.45, 7) is 15.6. The average Bonchev–Trinajstić information content (AvgIpc) is 3.72. The van der Waals surface area contributed by atoms with E-state index in [1.165, 1.54) is 0 Å². The van der Waals surface area contributed by atoms with Crippen LogP contribution >= 0.6 is 0 Å². The molecule has 3 spiro atoms. The van der Waals surface area contributed by atoms with Crippen LogP contribution in [-0.4, -0.2) is 81.7 Å². The first kappa shape index (κ1) is 36.2. The number of rotatable bonds is 1. The number of ether oxygens (including phenoxy) is 4. The highest BCUT2D eigenvalue weighted by molar-refractivity contribution is 5.95. The first-order valence-electron chi connectivity index (χ1n) is 19.3. The van der Waals surface area contributed by atoms with Gasteiger partial charge in [-0.1, -0.05) is 37.6 Å². The topological polar surface area (TPSA) is 127 Å². The Kier molecular flexibility index (Phi) is 9.92. The number of hydrogen-bond donors (Lipinski definition) is 3. The van der Waals surface area contributed by atoms with E-state index in [2.05, 4.69) is 33.4 Å². The molecule has 3 saturated heterocycles. The molecule has 276 valence electrons. The van der Waals surface area contributed by atoms with Crippen molar-refractivity contribution < 1.29 is 39.1 Å². The van der Waals surface area contributed by atoms with E-state index in [0.717, 1.165) is 53.7 Å². The average molecular weight is 694 g/mol. The molecule has 0 unspecified atom stereocenters. The molecule has 0 aromatic heterocycles. The van der Waals surface area contributed by atoms with E-state index in [1.54, 1.807) is 6.92 Å². The van der Waals surface area contributed by atoms with Crippen LogP contribution in [0.4, 0.5) is 0 Å². The summed E-state index contributed by atoms with van der Waals surface area (Å²) in [6.07, 6.45) is 9.74. The van der Waals surface area contributed by atoms with Crippen LogP contribution in [0.1, 0.15) is 118 Å². The highest BCUT2D eigenvalue weighted by atomic mass is 16.8. The maximum atomic E-state index is 12.5. The third kappa shape index (κ3) is 6.53. The van der Waals surface area contributed by atoms with E-state index >= 15 is 0 Å². The third-order valence-corrected chi connectivity index (χ3v) is 13.5. The van der Waals surface area contributed by atoms with Crippen molar-refractivity contribution in [2.45, 2.75) is 166 Å². The van der Waals surface area contributed by atoms with Gasteiger partial charge in [0.25, 0.3) is 0 Å². The number of carbonyl (C=O) groups excluding carboxylic acids is 1. The number of aliphatic hydroxyl groups excluding tert-OH is 3. The summed E-state index contributed by atoms with van der Waals surface area (Å²) in [4.78, 5) is 17.8. The molecule has 6 aliphatic heterocycles. The monoisotopic (exact) mass is 693 g/mol. The molecule has 0 aromatic carbocycles. The second-order valence-corrected chi connectivity index (χ2v) is 17.0. The van der Waals surface area contributed by atoms with E-state index in [4.69, 9.17) is 23.9 Å². The minimum Gasteiger partial charge on any atom is -0.450 e. The van der Waals surface area contributed by atoms with Crippen molar-refractivity contribution in [3.05, 3.63) is 46.6 Å². The summed E-state index contributed by atoms with van der Waals surface area (Å²) in [5.74, 6) is -1.61. The highest BCUT2D eigenvalue weighted by Gasteiger charge is 2.59. The van der Waals surface area contributed by atoms with Gasteiger partial charge >= 0.3 is 5.97 Å². The first-order valence-corrected chi connectivity index (χ1v) is 19.3. The molecule has 9 nitrogen and oxygen atoms in total. The van der Waals surface area contributed by atoms with Crippen LogP contribution in [0.25, 0.3) is 0 Å². The van der Waals surface area contributed by atoms with Gasteiger partial charge in [-0.25, -0.2) is 4.79 Å². The summed E-state index contributed by atoms with van der Waals surface area (Å²) in [5.41, 5.74) is 5.14. The fourth-order valence-corrected chi connectivity index (χ4v) is 10.3. The number of nitrogens with zero attached hydrogens (tertiary/aromatic N) is 1. The van der Waals surface area contributed by atoms with Crippen LogP contribution in [0.5, 0.6) is 0 Å². The van der Waals surface area contributed by atoms with E-state index in [9.17, 15) is 20.1 Å². The zero-order chi connectivity index (χ0) is 35.6. The molecule has 7 rings (SSSR count). The fraction of sp³-hybridized carbons (Fsp3) is 0.756. The smallest absolute Gasteiger partial charge is 0.334 e. The number of esters is 1. The van der Waals surface area contributed by atoms with E-state index in [1.807, 2.05) is 13.0 Å². The molecule has 0 aromatic rings. The van der Waals surface area contributed by atoms with Gasteiger partial charge in [0.05, 0.1) is 24.4 Å². The van der Waals surface area contributed by atoms with Crippen molar-refractivity contribution >= 4 is 11.7 Å². The van der Waals surface area contributed by atoms with Gasteiger partial charge in [0.1, 0.15) is 12.2 Å². The van der Waals surface area contributed by atoms with Crippen LogP contribution in [-0.2, 0) is 23.7 Å². The quantitative estimate of drug-likeness (QED) is 0.213. The summed E-state index contributed by atoms with van der Waals surface area (Å²) in [6, 6.07) is 0. The second kappa shape index (κ2) is 13.7. The maximum Gasteiger partial charge on any atom is 0.334 e. The number of fused-ring (bicyclic) bond motifs is 2. The zero-order valence-corrected chi connectivity index (χ0v) is 30.8. The molecule has 7 aliphatic rings. The fourth-order valence-electron chi connectivity index (χ4n) is 10.3. The molecule has 0 radical (unpaired) electrons. The van der Waals surface area contributed by atoms with E-state index in [-0.39, 0.29) is 24.1 Å². The molecule has 50 heavy (non-hydrogen) atoms. The standard InChI is InChI=1S/C41H59NO8/c1-23-7-9-33(43)37-39(21-26(4)27(5)22-42-37)13-12-31(35-19-25(3)38(46)47-35)28(6)32(39)18-24(2)34(44)20-30-11-14-40(48-30)15-16-41(50-40)36(45)10-8-29(17-23)49-41/h18-19,26-27,29-30,32-36,43-45H,1,7-17,20-22H2,2-6H3/b24-18+/t26-,27-,29+,30+,32-,33-,34-,35-,36+,39-,40+,41+/m1/s1. The summed E-state index contributed by atoms with van der Waals surface area (Å²) in [5, 5.41) is 35.1. The van der Waals surface area contributed by atoms with Crippen LogP contribution in [0.15, 0.2) is 51.6 Å². The van der Waals surface area contributed by atoms with Crippen molar-refractivity contribution in [2.24, 2.45) is 28.2 Å². The number of carbonyl (C=O) groups is 1. The minimum absolute atomic E-state index is 0.134. The van der Waals surface area contributed by atoms with Gasteiger partial charge in [-0.05, 0) is 108 Å². The van der Waals surface area contributed by atoms with E-state index < -0.39 is 41.4 Å². The van der Waals surface area contributed by atoms with Crippen molar-refractivity contribution in [3.63, 3.8) is 0 Å². The summed E-state index contributed by atoms with van der Waals surface area (Å²) >= 11 is 0. The van der Waals surface area contributed by atoms with Crippen LogP contribution in [0.2, 0.25) is 0 Å². The molecule has 4 bridgehead atoms. The molecular formula is C41H59NO8. The summed E-state index contributed by atoms with van der Waals surface area (Å²) < 4.78 is 25.7. The Morgan fingerprint density at radius 2 is 1.68 bits per heavy atom. The molecule has 0 saturated carbocycles. The molecule has 6 heterocycles. The Balaban J connectivity index is 1.28. The van der Waals surface area contributed by atoms with Crippen molar-refractivity contribution in [2.75, 3.05) is 6.54 Å². The lowest BCUT2D eigenvalue weighted by Crippen LogP contribution is -2.52. The summed E-state index contributed by atoms with van der Waals surface area (Å²) in [7, 11) is 0. The van der Waals surface area contributed by atoms with Crippen LogP contribution in [0.3, 0.4) is 0 Å². The lowest BCUT2D eigenvalue weighted by atomic mass is 9.56. The van der Waals surface area contributed by atoms with Crippen LogP contribution < -0.4 is 0 Å². The molecule has 3 fully saturated rings. The minimum atomic E-state index is -1.09. The number of aliphatic hydroxyl groups is 3. The molecule has 0 amide bonds. The predicted molar refractivity (Wildman–Crippen MR) is 190 cm³/mol. The second-order valence-electron chi connectivity index (χ2n) is 17.0. The van der Waals surface area contributed by atoms with Gasteiger partial charge in [-0.15, -0.1) is 0 Å². The lowest BCUT2D eigenvalue weighted by molar-refractivity contribution is -0.363. The lowest BCUT2D eigenvalue weighted by Gasteiger charge is -2.48. The largest absolute Gasteiger partial charge is 0.450 e. The van der Waals surface area contributed by atoms with Gasteiger partial charge in [-0.2, -0.15) is 0 Å². The number of allylic oxidation sites excluding steroid dienone is 2. The van der Waals surface area contributed by atoms with E-state index in [0.29, 0.717) is 81.7 Å². The molecule has 12 atom stereocenters. The Morgan fingerprint density at radius 3 is 2.44 bits per heavy atom. The Labute approximate surface area is 297 Å². The SMILES string of the molecule is C=C1CC[C@@H](O)C2=NC[C@@H](C)[C@H](C)C[C@@]23CCC([C@H]2C=C(C)C(=O)O2)=C(C)[C@H]3/C=C(\C)[C@H](O)C[C@@H]2CC[C@]3(CC[C@]4(O[C@@H](CC[C@@H]4O)C1)O3)O2. The Bertz CT molecular complexity index is 1500. The number of cyclic esters (lactones) is 1. The third-order valence-electron chi connectivity index (χ3n) is 13.5. The Hall–Kier alpha value is -2.14. The van der Waals surface area contributed by atoms with Gasteiger partial charge < -0.3 is 34.3 Å². The molecule has 1 aliphatic carbocycles. The predicted octanol–water partition coefficient (Wildman–Crippen LogP) is 6.41. The maximum absolute atomic E-state index is 12.5. The van der Waals surface area contributed by atoms with Gasteiger partial charge in [0.2, 0.25) is 0 Å². The zero-order valence-electron chi connectivity index (χ0n) is 30.8. The molecule has 9 heteroatoms. The first-order chi connectivity index (χ1) is 23.7.